The predicted molar refractivity (Wildman–Crippen MR) is 227 cm³/mol. The van der Waals surface area contributed by atoms with Gasteiger partial charge in [0, 0.05) is 61.1 Å². The molecule has 0 aliphatic rings. The molecule has 11 aromatic rings. The van der Waals surface area contributed by atoms with Crippen LogP contribution < -0.4 is 4.90 Å². The van der Waals surface area contributed by atoms with Crippen molar-refractivity contribution in [1.29, 1.82) is 0 Å². The van der Waals surface area contributed by atoms with Crippen LogP contribution in [0.4, 0.5) is 17.1 Å². The van der Waals surface area contributed by atoms with Gasteiger partial charge in [0.1, 0.15) is 0 Å². The Morgan fingerprint density at radius 2 is 0.889 bits per heavy atom. The molecular formula is C50H34N4. The van der Waals surface area contributed by atoms with E-state index in [1.807, 2.05) is 0 Å². The number of aromatic amines is 1. The molecule has 3 aromatic heterocycles. The van der Waals surface area contributed by atoms with Gasteiger partial charge in [-0.1, -0.05) is 115 Å². The Morgan fingerprint density at radius 3 is 1.52 bits per heavy atom. The van der Waals surface area contributed by atoms with Crippen molar-refractivity contribution in [2.75, 3.05) is 4.90 Å². The SMILES string of the molecule is c1ccc(N(c2ccccc2)c2ccc3c(c2)c2c(c4cc(-c5cccc6c5[nH]c5ccccc56)ccc4n2-c2ccccc2)n3-c2ccccc2)cc1. The average molecular weight is 691 g/mol. The summed E-state index contributed by atoms with van der Waals surface area (Å²) in [5.41, 5.74) is 14.9. The summed E-state index contributed by atoms with van der Waals surface area (Å²) in [4.78, 5) is 6.10. The summed E-state index contributed by atoms with van der Waals surface area (Å²) in [5, 5.41) is 4.86. The maximum Gasteiger partial charge on any atom is 0.0804 e. The minimum atomic E-state index is 1.10. The molecule has 11 rings (SSSR count). The van der Waals surface area contributed by atoms with Gasteiger partial charge in [-0.15, -0.1) is 0 Å². The van der Waals surface area contributed by atoms with E-state index >= 15 is 0 Å². The van der Waals surface area contributed by atoms with Crippen molar-refractivity contribution in [3.05, 3.63) is 200 Å². The zero-order valence-corrected chi connectivity index (χ0v) is 29.4. The minimum absolute atomic E-state index is 1.10. The predicted octanol–water partition coefficient (Wildman–Crippen LogP) is 13.5. The number of nitrogens with zero attached hydrogens (tertiary/aromatic N) is 3. The normalized spacial score (nSPS) is 11.7. The van der Waals surface area contributed by atoms with Crippen LogP contribution in [0.3, 0.4) is 0 Å². The number of aromatic nitrogens is 3. The molecule has 0 amide bonds. The third-order valence-electron chi connectivity index (χ3n) is 10.8. The molecule has 0 aliphatic heterocycles. The van der Waals surface area contributed by atoms with Crippen LogP contribution in [0.15, 0.2) is 200 Å². The smallest absolute Gasteiger partial charge is 0.0804 e. The third-order valence-corrected chi connectivity index (χ3v) is 10.8. The van der Waals surface area contributed by atoms with Crippen LogP contribution in [0.1, 0.15) is 0 Å². The molecule has 254 valence electrons. The number of hydrogen-bond acceptors (Lipinski definition) is 1. The second kappa shape index (κ2) is 12.1. The molecule has 0 unspecified atom stereocenters. The third kappa shape index (κ3) is 4.64. The highest BCUT2D eigenvalue weighted by Gasteiger charge is 2.24. The van der Waals surface area contributed by atoms with E-state index in [0.29, 0.717) is 0 Å². The average Bonchev–Trinajstić information content (AvgIpc) is 3.90. The fraction of sp³-hybridized carbons (Fsp3) is 0. The Morgan fingerprint density at radius 1 is 0.370 bits per heavy atom. The fourth-order valence-electron chi connectivity index (χ4n) is 8.49. The summed E-state index contributed by atoms with van der Waals surface area (Å²) in [7, 11) is 0. The molecule has 8 aromatic carbocycles. The number of H-pyrrole nitrogens is 1. The molecule has 3 heterocycles. The number of para-hydroxylation sites is 6. The van der Waals surface area contributed by atoms with E-state index < -0.39 is 0 Å². The molecule has 0 atom stereocenters. The monoisotopic (exact) mass is 690 g/mol. The van der Waals surface area contributed by atoms with Gasteiger partial charge in [0.15, 0.2) is 0 Å². The van der Waals surface area contributed by atoms with E-state index in [2.05, 4.69) is 219 Å². The van der Waals surface area contributed by atoms with Gasteiger partial charge in [-0.25, -0.2) is 0 Å². The molecule has 1 N–H and O–H groups in total. The lowest BCUT2D eigenvalue weighted by atomic mass is 10.0. The van der Waals surface area contributed by atoms with Gasteiger partial charge in [-0.05, 0) is 90.5 Å². The van der Waals surface area contributed by atoms with Crippen molar-refractivity contribution < 1.29 is 0 Å². The van der Waals surface area contributed by atoms with Crippen LogP contribution in [0, 0.1) is 0 Å². The molecule has 54 heavy (non-hydrogen) atoms. The van der Waals surface area contributed by atoms with Crippen molar-refractivity contribution in [2.24, 2.45) is 0 Å². The summed E-state index contributed by atoms with van der Waals surface area (Å²) >= 11 is 0. The Kier molecular flexibility index (Phi) is 6.82. The standard InChI is InChI=1S/C50H34N4/c1-5-16-35(17-6-1)52(36-18-7-2-8-19-36)39-29-31-47-44(33-39)50-49(54(47)38-22-11-4-12-23-38)43-32-34(28-30-46(43)53(50)37-20-9-3-10-21-37)40-25-15-26-42-41-24-13-14-27-45(41)51-48(40)42/h1-33,51H. The Bertz CT molecular complexity index is 3060. The zero-order valence-electron chi connectivity index (χ0n) is 29.4. The van der Waals surface area contributed by atoms with Gasteiger partial charge in [0.05, 0.1) is 27.6 Å². The summed E-state index contributed by atoms with van der Waals surface area (Å²) < 4.78 is 4.91. The number of rotatable bonds is 6. The van der Waals surface area contributed by atoms with Crippen LogP contribution in [-0.4, -0.2) is 14.1 Å². The summed E-state index contributed by atoms with van der Waals surface area (Å²) in [5.74, 6) is 0. The molecule has 0 bridgehead atoms. The maximum absolute atomic E-state index is 3.75. The zero-order chi connectivity index (χ0) is 35.6. The Hall–Kier alpha value is -7.30. The molecule has 0 radical (unpaired) electrons. The van der Waals surface area contributed by atoms with E-state index in [-0.39, 0.29) is 0 Å². The lowest BCUT2D eigenvalue weighted by Gasteiger charge is -2.25. The van der Waals surface area contributed by atoms with Crippen molar-refractivity contribution >= 4 is 71.7 Å². The number of anilines is 3. The minimum Gasteiger partial charge on any atom is -0.354 e. The largest absolute Gasteiger partial charge is 0.354 e. The van der Waals surface area contributed by atoms with E-state index in [1.165, 1.54) is 49.2 Å². The van der Waals surface area contributed by atoms with Crippen LogP contribution in [0.5, 0.6) is 0 Å². The second-order valence-electron chi connectivity index (χ2n) is 13.9. The first-order valence-corrected chi connectivity index (χ1v) is 18.5. The first-order valence-electron chi connectivity index (χ1n) is 18.5. The number of hydrogen-bond donors (Lipinski definition) is 1. The molecule has 4 heteroatoms. The number of nitrogens with one attached hydrogen (secondary N) is 1. The maximum atomic E-state index is 3.75. The van der Waals surface area contributed by atoms with Gasteiger partial charge >= 0.3 is 0 Å². The van der Waals surface area contributed by atoms with E-state index in [4.69, 9.17) is 0 Å². The quantitative estimate of drug-likeness (QED) is 0.185. The van der Waals surface area contributed by atoms with Crippen LogP contribution in [0.25, 0.3) is 77.1 Å². The first kappa shape index (κ1) is 30.3. The fourth-order valence-corrected chi connectivity index (χ4v) is 8.49. The van der Waals surface area contributed by atoms with Crippen molar-refractivity contribution in [2.45, 2.75) is 0 Å². The Labute approximate surface area is 312 Å². The van der Waals surface area contributed by atoms with Crippen LogP contribution >= 0.6 is 0 Å². The Balaban J connectivity index is 1.26. The molecule has 0 spiro atoms. The van der Waals surface area contributed by atoms with Crippen LogP contribution in [0.2, 0.25) is 0 Å². The summed E-state index contributed by atoms with van der Waals surface area (Å²) in [6.07, 6.45) is 0. The first-order chi connectivity index (χ1) is 26.8. The molecule has 0 saturated carbocycles. The van der Waals surface area contributed by atoms with Gasteiger partial charge in [0.25, 0.3) is 0 Å². The topological polar surface area (TPSA) is 28.9 Å². The van der Waals surface area contributed by atoms with Crippen molar-refractivity contribution in [3.63, 3.8) is 0 Å². The summed E-state index contributed by atoms with van der Waals surface area (Å²) in [6.45, 7) is 0. The van der Waals surface area contributed by atoms with Gasteiger partial charge in [0.2, 0.25) is 0 Å². The van der Waals surface area contributed by atoms with Crippen molar-refractivity contribution in [3.8, 4) is 22.5 Å². The van der Waals surface area contributed by atoms with Gasteiger partial charge in [-0.2, -0.15) is 0 Å². The highest BCUT2D eigenvalue weighted by molar-refractivity contribution is 6.21. The summed E-state index contributed by atoms with van der Waals surface area (Å²) in [6, 6.07) is 72.0. The lowest BCUT2D eigenvalue weighted by molar-refractivity contribution is 1.17. The van der Waals surface area contributed by atoms with Crippen molar-refractivity contribution in [1.82, 2.24) is 14.1 Å². The molecular weight excluding hydrogens is 657 g/mol. The van der Waals surface area contributed by atoms with E-state index in [1.54, 1.807) is 0 Å². The van der Waals surface area contributed by atoms with E-state index in [9.17, 15) is 0 Å². The van der Waals surface area contributed by atoms with Gasteiger partial charge in [-0.3, -0.25) is 0 Å². The van der Waals surface area contributed by atoms with Gasteiger partial charge < -0.3 is 19.0 Å². The molecule has 0 fully saturated rings. The number of benzene rings is 8. The van der Waals surface area contributed by atoms with Crippen LogP contribution in [-0.2, 0) is 0 Å². The highest BCUT2D eigenvalue weighted by Crippen LogP contribution is 2.45. The lowest BCUT2D eigenvalue weighted by Crippen LogP contribution is -2.09. The second-order valence-corrected chi connectivity index (χ2v) is 13.9. The number of fused-ring (bicyclic) bond motifs is 8. The molecule has 0 aliphatic carbocycles. The highest BCUT2D eigenvalue weighted by atomic mass is 15.1. The molecule has 0 saturated heterocycles. The molecule has 4 nitrogen and oxygen atoms in total. The van der Waals surface area contributed by atoms with E-state index in [0.717, 1.165) is 45.0 Å².